The zero-order chi connectivity index (χ0) is 14.3. The minimum Gasteiger partial charge on any atom is -0.368 e. The van der Waals surface area contributed by atoms with Crippen LogP contribution in [-0.4, -0.2) is 24.6 Å². The summed E-state index contributed by atoms with van der Waals surface area (Å²) >= 11 is 0. The lowest BCUT2D eigenvalue weighted by atomic mass is 10.1. The SMILES string of the molecule is CCC(CC)N(CC(C)C)c1ccnc(CNC)c1. The molecule has 3 heteroatoms. The van der Waals surface area contributed by atoms with E-state index in [0.717, 1.165) is 18.8 Å². The Labute approximate surface area is 118 Å². The molecule has 0 bridgehead atoms. The Morgan fingerprint density at radius 1 is 1.26 bits per heavy atom. The van der Waals surface area contributed by atoms with Crippen LogP contribution in [0.3, 0.4) is 0 Å². The average Bonchev–Trinajstić information content (AvgIpc) is 2.39. The summed E-state index contributed by atoms with van der Waals surface area (Å²) < 4.78 is 0. The van der Waals surface area contributed by atoms with Gasteiger partial charge in [-0.15, -0.1) is 0 Å². The second-order valence-electron chi connectivity index (χ2n) is 5.55. The summed E-state index contributed by atoms with van der Waals surface area (Å²) in [5.41, 5.74) is 2.42. The summed E-state index contributed by atoms with van der Waals surface area (Å²) in [6.07, 6.45) is 4.30. The lowest BCUT2D eigenvalue weighted by molar-refractivity contribution is 0.507. The molecule has 108 valence electrons. The van der Waals surface area contributed by atoms with Crippen LogP contribution >= 0.6 is 0 Å². The van der Waals surface area contributed by atoms with E-state index < -0.39 is 0 Å². The van der Waals surface area contributed by atoms with Crippen molar-refractivity contribution >= 4 is 5.69 Å². The van der Waals surface area contributed by atoms with Crippen LogP contribution in [0.1, 0.15) is 46.2 Å². The molecule has 1 aromatic rings. The summed E-state index contributed by atoms with van der Waals surface area (Å²) in [5, 5.41) is 3.17. The topological polar surface area (TPSA) is 28.2 Å². The highest BCUT2D eigenvalue weighted by molar-refractivity contribution is 5.47. The maximum Gasteiger partial charge on any atom is 0.0562 e. The zero-order valence-corrected chi connectivity index (χ0v) is 13.1. The van der Waals surface area contributed by atoms with Crippen molar-refractivity contribution in [3.8, 4) is 0 Å². The molecule has 1 rings (SSSR count). The smallest absolute Gasteiger partial charge is 0.0562 e. The fourth-order valence-corrected chi connectivity index (χ4v) is 2.51. The summed E-state index contributed by atoms with van der Waals surface area (Å²) in [5.74, 6) is 0.668. The molecule has 0 fully saturated rings. The van der Waals surface area contributed by atoms with E-state index in [9.17, 15) is 0 Å². The van der Waals surface area contributed by atoms with E-state index in [-0.39, 0.29) is 0 Å². The number of hydrogen-bond acceptors (Lipinski definition) is 3. The van der Waals surface area contributed by atoms with Gasteiger partial charge in [-0.05, 0) is 37.9 Å². The molecular formula is C16H29N3. The van der Waals surface area contributed by atoms with Crippen molar-refractivity contribution in [2.24, 2.45) is 5.92 Å². The van der Waals surface area contributed by atoms with Crippen LogP contribution in [0.5, 0.6) is 0 Å². The molecule has 0 saturated carbocycles. The lowest BCUT2D eigenvalue weighted by Crippen LogP contribution is -2.37. The largest absolute Gasteiger partial charge is 0.368 e. The number of pyridine rings is 1. The molecule has 0 radical (unpaired) electrons. The van der Waals surface area contributed by atoms with Crippen LogP contribution < -0.4 is 10.2 Å². The first-order chi connectivity index (χ1) is 9.12. The van der Waals surface area contributed by atoms with Crippen LogP contribution in [0.4, 0.5) is 5.69 Å². The van der Waals surface area contributed by atoms with E-state index in [1.54, 1.807) is 0 Å². The predicted octanol–water partition coefficient (Wildman–Crippen LogP) is 3.45. The third-order valence-corrected chi connectivity index (χ3v) is 3.43. The first-order valence-corrected chi connectivity index (χ1v) is 7.48. The van der Waals surface area contributed by atoms with Gasteiger partial charge in [-0.3, -0.25) is 4.98 Å². The van der Waals surface area contributed by atoms with Crippen molar-refractivity contribution in [1.29, 1.82) is 0 Å². The van der Waals surface area contributed by atoms with Gasteiger partial charge in [-0.2, -0.15) is 0 Å². The second kappa shape index (κ2) is 8.16. The summed E-state index contributed by atoms with van der Waals surface area (Å²) in [6.45, 7) is 11.0. The molecule has 0 aromatic carbocycles. The number of anilines is 1. The van der Waals surface area contributed by atoms with Gasteiger partial charge in [-0.1, -0.05) is 27.7 Å². The van der Waals surface area contributed by atoms with Gasteiger partial charge in [0.05, 0.1) is 5.69 Å². The Morgan fingerprint density at radius 3 is 2.47 bits per heavy atom. The van der Waals surface area contributed by atoms with Crippen LogP contribution in [0, 0.1) is 5.92 Å². The van der Waals surface area contributed by atoms with Crippen molar-refractivity contribution in [1.82, 2.24) is 10.3 Å². The van der Waals surface area contributed by atoms with Gasteiger partial charge in [-0.25, -0.2) is 0 Å². The van der Waals surface area contributed by atoms with Gasteiger partial charge >= 0.3 is 0 Å². The quantitative estimate of drug-likeness (QED) is 0.778. The molecule has 0 unspecified atom stereocenters. The molecule has 0 saturated heterocycles. The fourth-order valence-electron chi connectivity index (χ4n) is 2.51. The third-order valence-electron chi connectivity index (χ3n) is 3.43. The van der Waals surface area contributed by atoms with E-state index in [1.165, 1.54) is 18.5 Å². The van der Waals surface area contributed by atoms with Crippen molar-refractivity contribution in [2.45, 2.75) is 53.1 Å². The second-order valence-corrected chi connectivity index (χ2v) is 5.55. The van der Waals surface area contributed by atoms with Gasteiger partial charge in [0.1, 0.15) is 0 Å². The molecule has 1 heterocycles. The Morgan fingerprint density at radius 2 is 1.95 bits per heavy atom. The first kappa shape index (κ1) is 16.0. The van der Waals surface area contributed by atoms with Gasteiger partial charge in [0, 0.05) is 31.0 Å². The van der Waals surface area contributed by atoms with E-state index in [2.05, 4.69) is 55.0 Å². The van der Waals surface area contributed by atoms with Crippen LogP contribution in [0.2, 0.25) is 0 Å². The minimum absolute atomic E-state index is 0.618. The molecule has 0 amide bonds. The standard InChI is InChI=1S/C16H29N3/c1-6-15(7-2)19(12-13(3)4)16-8-9-18-14(10-16)11-17-5/h8-10,13,15,17H,6-7,11-12H2,1-5H3. The number of rotatable bonds is 8. The number of hydrogen-bond donors (Lipinski definition) is 1. The molecule has 0 aliphatic carbocycles. The number of aromatic nitrogens is 1. The maximum atomic E-state index is 4.41. The Hall–Kier alpha value is -1.09. The average molecular weight is 263 g/mol. The molecule has 0 aliphatic heterocycles. The van der Waals surface area contributed by atoms with Gasteiger partial charge in [0.25, 0.3) is 0 Å². The first-order valence-electron chi connectivity index (χ1n) is 7.48. The van der Waals surface area contributed by atoms with E-state index in [1.807, 2.05) is 13.2 Å². The Bertz CT molecular complexity index is 359. The summed E-state index contributed by atoms with van der Waals surface area (Å²) in [7, 11) is 1.96. The predicted molar refractivity (Wildman–Crippen MR) is 83.6 cm³/mol. The number of nitrogens with zero attached hydrogens (tertiary/aromatic N) is 2. The summed E-state index contributed by atoms with van der Waals surface area (Å²) in [4.78, 5) is 6.96. The molecule has 1 N–H and O–H groups in total. The van der Waals surface area contributed by atoms with Crippen molar-refractivity contribution in [3.63, 3.8) is 0 Å². The highest BCUT2D eigenvalue weighted by Crippen LogP contribution is 2.22. The van der Waals surface area contributed by atoms with E-state index in [4.69, 9.17) is 0 Å². The Balaban J connectivity index is 2.98. The van der Waals surface area contributed by atoms with E-state index >= 15 is 0 Å². The number of nitrogens with one attached hydrogen (secondary N) is 1. The monoisotopic (exact) mass is 263 g/mol. The van der Waals surface area contributed by atoms with Crippen LogP contribution in [0.15, 0.2) is 18.3 Å². The highest BCUT2D eigenvalue weighted by Gasteiger charge is 2.17. The molecule has 0 atom stereocenters. The zero-order valence-electron chi connectivity index (χ0n) is 13.1. The molecule has 3 nitrogen and oxygen atoms in total. The highest BCUT2D eigenvalue weighted by atomic mass is 15.2. The summed E-state index contributed by atoms with van der Waals surface area (Å²) in [6, 6.07) is 4.98. The molecule has 0 aliphatic rings. The fraction of sp³-hybridized carbons (Fsp3) is 0.688. The molecule has 19 heavy (non-hydrogen) atoms. The minimum atomic E-state index is 0.618. The normalized spacial score (nSPS) is 11.3. The van der Waals surface area contributed by atoms with Crippen molar-refractivity contribution in [3.05, 3.63) is 24.0 Å². The van der Waals surface area contributed by atoms with Gasteiger partial charge in [0.15, 0.2) is 0 Å². The van der Waals surface area contributed by atoms with Crippen LogP contribution in [-0.2, 0) is 6.54 Å². The molecular weight excluding hydrogens is 234 g/mol. The van der Waals surface area contributed by atoms with Crippen molar-refractivity contribution < 1.29 is 0 Å². The van der Waals surface area contributed by atoms with Gasteiger partial charge < -0.3 is 10.2 Å². The van der Waals surface area contributed by atoms with E-state index in [0.29, 0.717) is 12.0 Å². The van der Waals surface area contributed by atoms with Gasteiger partial charge in [0.2, 0.25) is 0 Å². The van der Waals surface area contributed by atoms with Crippen molar-refractivity contribution in [2.75, 3.05) is 18.5 Å². The maximum absolute atomic E-state index is 4.41. The van der Waals surface area contributed by atoms with Crippen LogP contribution in [0.25, 0.3) is 0 Å². The third kappa shape index (κ3) is 4.83. The lowest BCUT2D eigenvalue weighted by Gasteiger charge is -2.34. The molecule has 0 spiro atoms. The Kier molecular flexibility index (Phi) is 6.85. The molecule has 1 aromatic heterocycles.